The van der Waals surface area contributed by atoms with E-state index in [1.54, 1.807) is 0 Å². The minimum Gasteiger partial charge on any atom is -0.456 e. The predicted molar refractivity (Wildman–Crippen MR) is 162 cm³/mol. The molecule has 0 bridgehead atoms. The fourth-order valence-electron chi connectivity index (χ4n) is 6.88. The Morgan fingerprint density at radius 1 is 0.450 bits per heavy atom. The highest BCUT2D eigenvalue weighted by Crippen LogP contribution is 2.50. The van der Waals surface area contributed by atoms with Crippen LogP contribution in [0.15, 0.2) is 126 Å². The molecule has 6 aromatic carbocycles. The van der Waals surface area contributed by atoms with E-state index < -0.39 is 0 Å². The summed E-state index contributed by atoms with van der Waals surface area (Å²) >= 11 is 0. The van der Waals surface area contributed by atoms with Crippen LogP contribution in [-0.2, 0) is 0 Å². The minimum absolute atomic E-state index is 0.867. The predicted octanol–water partition coefficient (Wildman–Crippen LogP) is 9.89. The van der Waals surface area contributed by atoms with Crippen molar-refractivity contribution >= 4 is 65.6 Å². The van der Waals surface area contributed by atoms with E-state index in [2.05, 4.69) is 112 Å². The molecule has 186 valence electrons. The summed E-state index contributed by atoms with van der Waals surface area (Å²) in [4.78, 5) is 0. The van der Waals surface area contributed by atoms with Gasteiger partial charge in [0.2, 0.25) is 0 Å². The highest BCUT2D eigenvalue weighted by molar-refractivity contribution is 6.30. The first-order valence-electron chi connectivity index (χ1n) is 13.5. The van der Waals surface area contributed by atoms with Crippen LogP contribution in [0, 0.1) is 0 Å². The number of furan rings is 1. The molecule has 0 amide bonds. The van der Waals surface area contributed by atoms with Crippen molar-refractivity contribution in [2.45, 2.75) is 0 Å². The zero-order valence-electron chi connectivity index (χ0n) is 21.3. The summed E-state index contributed by atoms with van der Waals surface area (Å²) in [6, 6.07) is 42.7. The molecular weight excluding hydrogens is 492 g/mol. The average Bonchev–Trinajstić information content (AvgIpc) is 3.65. The fourth-order valence-corrected chi connectivity index (χ4v) is 6.88. The second-order valence-corrected chi connectivity index (χ2v) is 10.5. The molecule has 3 aromatic heterocycles. The molecule has 1 aliphatic heterocycles. The molecule has 4 heterocycles. The van der Waals surface area contributed by atoms with Crippen molar-refractivity contribution in [3.63, 3.8) is 0 Å². The molecule has 10 rings (SSSR count). The first-order chi connectivity index (χ1) is 19.8. The van der Waals surface area contributed by atoms with Gasteiger partial charge in [0.15, 0.2) is 11.5 Å². The lowest BCUT2D eigenvalue weighted by Crippen LogP contribution is -2.04. The molecule has 0 saturated carbocycles. The maximum Gasteiger partial charge on any atom is 0.154 e. The van der Waals surface area contributed by atoms with Gasteiger partial charge in [0.25, 0.3) is 0 Å². The van der Waals surface area contributed by atoms with Gasteiger partial charge in [-0.05, 0) is 48.5 Å². The Balaban J connectivity index is 1.41. The number of hydrogen-bond acceptors (Lipinski definition) is 2. The number of rotatable bonds is 1. The Bertz CT molecular complexity index is 2520. The van der Waals surface area contributed by atoms with Crippen LogP contribution in [0.1, 0.15) is 0 Å². The van der Waals surface area contributed by atoms with Gasteiger partial charge in [0, 0.05) is 44.1 Å². The molecule has 0 radical (unpaired) electrons. The molecule has 9 aromatic rings. The van der Waals surface area contributed by atoms with Gasteiger partial charge in [0.1, 0.15) is 11.2 Å². The highest BCUT2D eigenvalue weighted by Gasteiger charge is 2.28. The van der Waals surface area contributed by atoms with Crippen LogP contribution in [0.25, 0.3) is 76.9 Å². The van der Waals surface area contributed by atoms with Crippen LogP contribution in [0.5, 0.6) is 11.5 Å². The Morgan fingerprint density at radius 2 is 1.12 bits per heavy atom. The van der Waals surface area contributed by atoms with Gasteiger partial charge in [-0.25, -0.2) is 0 Å². The summed E-state index contributed by atoms with van der Waals surface area (Å²) in [6.07, 6.45) is 0. The summed E-state index contributed by atoms with van der Waals surface area (Å²) in [5.74, 6) is 1.74. The van der Waals surface area contributed by atoms with Gasteiger partial charge < -0.3 is 18.3 Å². The third-order valence-corrected chi connectivity index (χ3v) is 8.48. The third kappa shape index (κ3) is 2.42. The monoisotopic (exact) mass is 512 g/mol. The normalized spacial score (nSPS) is 12.7. The molecular formula is C36H20N2O2. The number of benzene rings is 6. The number of hydrogen-bond donors (Lipinski definition) is 0. The van der Waals surface area contributed by atoms with Gasteiger partial charge >= 0.3 is 0 Å². The van der Waals surface area contributed by atoms with E-state index in [0.717, 1.165) is 61.4 Å². The van der Waals surface area contributed by atoms with Crippen molar-refractivity contribution in [1.82, 2.24) is 9.13 Å². The van der Waals surface area contributed by atoms with Crippen molar-refractivity contribution in [3.8, 4) is 22.9 Å². The molecule has 0 atom stereocenters. The topological polar surface area (TPSA) is 32.2 Å². The first kappa shape index (κ1) is 20.5. The van der Waals surface area contributed by atoms with Crippen LogP contribution in [0.2, 0.25) is 0 Å². The second-order valence-electron chi connectivity index (χ2n) is 10.5. The molecule has 0 N–H and O–H groups in total. The van der Waals surface area contributed by atoms with Crippen LogP contribution in [-0.4, -0.2) is 9.13 Å². The fraction of sp³-hybridized carbons (Fsp3) is 0. The van der Waals surface area contributed by atoms with Gasteiger partial charge in [-0.1, -0.05) is 66.7 Å². The number of fused-ring (bicyclic) bond motifs is 12. The first-order valence-corrected chi connectivity index (χ1v) is 13.5. The van der Waals surface area contributed by atoms with E-state index in [-0.39, 0.29) is 0 Å². The molecule has 4 heteroatoms. The zero-order valence-corrected chi connectivity index (χ0v) is 21.3. The van der Waals surface area contributed by atoms with Gasteiger partial charge in [-0.3, -0.25) is 0 Å². The van der Waals surface area contributed by atoms with E-state index in [1.165, 1.54) is 27.1 Å². The van der Waals surface area contributed by atoms with E-state index in [1.807, 2.05) is 18.2 Å². The SMILES string of the molecule is c1ccc2c(c1)Oc1cc3c(c4ccccc4n3-c3ccc4oc5ccccc5c4c3)c3c4ccccc4n-2c13. The molecule has 40 heavy (non-hydrogen) atoms. The lowest BCUT2D eigenvalue weighted by Gasteiger charge is -2.21. The number of ether oxygens (including phenoxy) is 1. The summed E-state index contributed by atoms with van der Waals surface area (Å²) < 4.78 is 17.5. The lowest BCUT2D eigenvalue weighted by molar-refractivity contribution is 0.477. The van der Waals surface area contributed by atoms with Crippen molar-refractivity contribution in [2.24, 2.45) is 0 Å². The largest absolute Gasteiger partial charge is 0.456 e. The van der Waals surface area contributed by atoms with Gasteiger partial charge in [-0.2, -0.15) is 0 Å². The number of para-hydroxylation sites is 5. The average molecular weight is 513 g/mol. The minimum atomic E-state index is 0.867. The van der Waals surface area contributed by atoms with Crippen LogP contribution >= 0.6 is 0 Å². The molecule has 1 aliphatic rings. The summed E-state index contributed by atoms with van der Waals surface area (Å²) in [5.41, 5.74) is 8.55. The quantitative estimate of drug-likeness (QED) is 0.219. The Hall–Kier alpha value is -5.48. The van der Waals surface area contributed by atoms with Crippen molar-refractivity contribution in [3.05, 3.63) is 121 Å². The smallest absolute Gasteiger partial charge is 0.154 e. The molecule has 0 aliphatic carbocycles. The second kappa shape index (κ2) is 7.13. The van der Waals surface area contributed by atoms with E-state index in [9.17, 15) is 0 Å². The zero-order chi connectivity index (χ0) is 25.9. The van der Waals surface area contributed by atoms with Crippen LogP contribution < -0.4 is 4.74 Å². The summed E-state index contributed by atoms with van der Waals surface area (Å²) in [5, 5.41) is 7.16. The Kier molecular flexibility index (Phi) is 3.65. The molecule has 0 saturated heterocycles. The maximum atomic E-state index is 6.64. The van der Waals surface area contributed by atoms with Crippen molar-refractivity contribution in [2.75, 3.05) is 0 Å². The highest BCUT2D eigenvalue weighted by atomic mass is 16.5. The van der Waals surface area contributed by atoms with E-state index >= 15 is 0 Å². The Morgan fingerprint density at radius 3 is 2.00 bits per heavy atom. The van der Waals surface area contributed by atoms with Crippen molar-refractivity contribution in [1.29, 1.82) is 0 Å². The molecule has 0 fully saturated rings. The molecule has 0 unspecified atom stereocenters. The third-order valence-electron chi connectivity index (χ3n) is 8.48. The Labute approximate surface area is 227 Å². The molecule has 4 nitrogen and oxygen atoms in total. The molecule has 0 spiro atoms. The standard InChI is InChI=1S/C36H20N2O2/c1-4-12-26-23(10-1)34-29(37(26)21-17-18-31-25(19-21)22-9-3-7-15-30(22)39-31)20-33-36-35(34)24-11-2-5-13-27(24)38(36)28-14-6-8-16-32(28)40-33/h1-20H. The summed E-state index contributed by atoms with van der Waals surface area (Å²) in [7, 11) is 0. The van der Waals surface area contributed by atoms with E-state index in [4.69, 9.17) is 9.15 Å². The maximum absolute atomic E-state index is 6.64. The van der Waals surface area contributed by atoms with E-state index in [0.29, 0.717) is 0 Å². The van der Waals surface area contributed by atoms with Crippen LogP contribution in [0.4, 0.5) is 0 Å². The number of aromatic nitrogens is 2. The summed E-state index contributed by atoms with van der Waals surface area (Å²) in [6.45, 7) is 0. The van der Waals surface area contributed by atoms with Crippen molar-refractivity contribution < 1.29 is 9.15 Å². The lowest BCUT2D eigenvalue weighted by atomic mass is 10.0. The van der Waals surface area contributed by atoms with Gasteiger partial charge in [-0.15, -0.1) is 0 Å². The van der Waals surface area contributed by atoms with Crippen LogP contribution in [0.3, 0.4) is 0 Å². The number of nitrogens with zero attached hydrogens (tertiary/aromatic N) is 2. The van der Waals surface area contributed by atoms with Gasteiger partial charge in [0.05, 0.1) is 27.8 Å².